The minimum atomic E-state index is -3.45. The summed E-state index contributed by atoms with van der Waals surface area (Å²) in [6.45, 7) is 4.15. The van der Waals surface area contributed by atoms with E-state index < -0.39 is 16.3 Å². The lowest BCUT2D eigenvalue weighted by molar-refractivity contribution is -0.145. The van der Waals surface area contributed by atoms with Gasteiger partial charge in [0.05, 0.1) is 26.2 Å². The molecule has 1 atom stereocenters. The zero-order valence-electron chi connectivity index (χ0n) is 12.7. The van der Waals surface area contributed by atoms with Gasteiger partial charge in [0.15, 0.2) is 0 Å². The number of ether oxygens (including phenoxy) is 2. The minimum absolute atomic E-state index is 0.0829. The molecule has 0 aromatic rings. The maximum absolute atomic E-state index is 12.6. The number of nitrogens with zero attached hydrogens (tertiary/aromatic N) is 2. The summed E-state index contributed by atoms with van der Waals surface area (Å²) in [5.41, 5.74) is 0. The van der Waals surface area contributed by atoms with Gasteiger partial charge in [0.1, 0.15) is 0 Å². The van der Waals surface area contributed by atoms with Gasteiger partial charge in [0.25, 0.3) is 10.2 Å². The van der Waals surface area contributed by atoms with Gasteiger partial charge in [-0.05, 0) is 18.8 Å². The second-order valence-corrected chi connectivity index (χ2v) is 7.65. The minimum Gasteiger partial charge on any atom is -0.469 e. The van der Waals surface area contributed by atoms with Crippen LogP contribution >= 0.6 is 0 Å². The highest BCUT2D eigenvalue weighted by molar-refractivity contribution is 7.86. The Hall–Kier alpha value is -0.700. The van der Waals surface area contributed by atoms with Gasteiger partial charge in [-0.1, -0.05) is 6.92 Å². The Balaban J connectivity index is 1.97. The molecule has 8 heteroatoms. The van der Waals surface area contributed by atoms with Crippen molar-refractivity contribution >= 4 is 16.2 Å². The molecular weight excluding hydrogens is 296 g/mol. The molecule has 0 bridgehead atoms. The predicted octanol–water partition coefficient (Wildman–Crippen LogP) is 0.227. The number of rotatable bonds is 4. The Labute approximate surface area is 126 Å². The van der Waals surface area contributed by atoms with Gasteiger partial charge in [-0.2, -0.15) is 17.0 Å². The average molecular weight is 320 g/mol. The smallest absolute Gasteiger partial charge is 0.308 e. The molecule has 0 aromatic carbocycles. The standard InChI is InChI=1S/C13H24N2O5S/c1-11-3-5-14(6-4-11)21(17,18)15-7-8-20-12(10-15)9-13(16)19-2/h11-12H,3-10H2,1-2H3. The molecule has 2 aliphatic heterocycles. The summed E-state index contributed by atoms with van der Waals surface area (Å²) in [5, 5.41) is 0. The highest BCUT2D eigenvalue weighted by Gasteiger charge is 2.36. The SMILES string of the molecule is COC(=O)CC1CN(S(=O)(=O)N2CCC(C)CC2)CCO1. The molecule has 0 aromatic heterocycles. The number of carbonyl (C=O) groups excluding carboxylic acids is 1. The monoisotopic (exact) mass is 320 g/mol. The molecule has 2 aliphatic rings. The summed E-state index contributed by atoms with van der Waals surface area (Å²) in [5.74, 6) is 0.194. The van der Waals surface area contributed by atoms with Crippen molar-refractivity contribution < 1.29 is 22.7 Å². The number of morpholine rings is 1. The van der Waals surface area contributed by atoms with Crippen molar-refractivity contribution in [2.45, 2.75) is 32.3 Å². The van der Waals surface area contributed by atoms with E-state index in [1.807, 2.05) is 0 Å². The maximum Gasteiger partial charge on any atom is 0.308 e. The number of hydrogen-bond donors (Lipinski definition) is 0. The first-order valence-corrected chi connectivity index (χ1v) is 8.77. The summed E-state index contributed by atoms with van der Waals surface area (Å²) in [6, 6.07) is 0. The molecule has 122 valence electrons. The molecule has 2 fully saturated rings. The van der Waals surface area contributed by atoms with Crippen LogP contribution in [0.25, 0.3) is 0 Å². The molecule has 7 nitrogen and oxygen atoms in total. The van der Waals surface area contributed by atoms with E-state index in [1.54, 1.807) is 4.31 Å². The lowest BCUT2D eigenvalue weighted by Gasteiger charge is -2.37. The van der Waals surface area contributed by atoms with Crippen molar-refractivity contribution in [2.75, 3.05) is 39.9 Å². The maximum atomic E-state index is 12.6. The topological polar surface area (TPSA) is 76.2 Å². The second-order valence-electron chi connectivity index (χ2n) is 5.72. The number of esters is 1. The summed E-state index contributed by atoms with van der Waals surface area (Å²) < 4.78 is 38.3. The predicted molar refractivity (Wildman–Crippen MR) is 76.8 cm³/mol. The second kappa shape index (κ2) is 7.04. The lowest BCUT2D eigenvalue weighted by atomic mass is 10.0. The fourth-order valence-electron chi connectivity index (χ4n) is 2.67. The van der Waals surface area contributed by atoms with Crippen LogP contribution < -0.4 is 0 Å². The van der Waals surface area contributed by atoms with Crippen LogP contribution in [0.2, 0.25) is 0 Å². The highest BCUT2D eigenvalue weighted by atomic mass is 32.2. The first-order chi connectivity index (χ1) is 9.93. The fraction of sp³-hybridized carbons (Fsp3) is 0.923. The summed E-state index contributed by atoms with van der Waals surface area (Å²) in [6.07, 6.45) is 1.45. The van der Waals surface area contributed by atoms with Gasteiger partial charge in [0.2, 0.25) is 0 Å². The van der Waals surface area contributed by atoms with Crippen molar-refractivity contribution in [3.05, 3.63) is 0 Å². The number of carbonyl (C=O) groups is 1. The molecule has 0 amide bonds. The van der Waals surface area contributed by atoms with Crippen molar-refractivity contribution in [3.63, 3.8) is 0 Å². The molecule has 2 heterocycles. The highest BCUT2D eigenvalue weighted by Crippen LogP contribution is 2.22. The third kappa shape index (κ3) is 4.15. The van der Waals surface area contributed by atoms with E-state index in [-0.39, 0.29) is 18.9 Å². The van der Waals surface area contributed by atoms with E-state index in [0.717, 1.165) is 12.8 Å². The van der Waals surface area contributed by atoms with Gasteiger partial charge >= 0.3 is 5.97 Å². The van der Waals surface area contributed by atoms with E-state index in [4.69, 9.17) is 4.74 Å². The number of piperidine rings is 1. The van der Waals surface area contributed by atoms with Gasteiger partial charge in [0, 0.05) is 26.2 Å². The summed E-state index contributed by atoms with van der Waals surface area (Å²) in [4.78, 5) is 11.3. The average Bonchev–Trinajstić information content (AvgIpc) is 2.48. The van der Waals surface area contributed by atoms with E-state index >= 15 is 0 Å². The van der Waals surface area contributed by atoms with Crippen LogP contribution in [0.5, 0.6) is 0 Å². The fourth-order valence-corrected chi connectivity index (χ4v) is 4.33. The van der Waals surface area contributed by atoms with E-state index in [9.17, 15) is 13.2 Å². The van der Waals surface area contributed by atoms with Gasteiger partial charge < -0.3 is 9.47 Å². The van der Waals surface area contributed by atoms with Gasteiger partial charge in [-0.15, -0.1) is 0 Å². The van der Waals surface area contributed by atoms with Crippen molar-refractivity contribution in [2.24, 2.45) is 5.92 Å². The molecule has 0 N–H and O–H groups in total. The molecule has 2 saturated heterocycles. The van der Waals surface area contributed by atoms with E-state index in [0.29, 0.717) is 32.2 Å². The normalized spacial score (nSPS) is 26.7. The van der Waals surface area contributed by atoms with Crippen molar-refractivity contribution in [1.82, 2.24) is 8.61 Å². The van der Waals surface area contributed by atoms with Gasteiger partial charge in [-0.25, -0.2) is 0 Å². The van der Waals surface area contributed by atoms with E-state index in [2.05, 4.69) is 11.7 Å². The van der Waals surface area contributed by atoms with Crippen LogP contribution in [0.4, 0.5) is 0 Å². The molecule has 0 spiro atoms. The molecule has 0 aliphatic carbocycles. The first-order valence-electron chi connectivity index (χ1n) is 7.37. The number of hydrogen-bond acceptors (Lipinski definition) is 5. The summed E-state index contributed by atoms with van der Waals surface area (Å²) in [7, 11) is -2.14. The molecule has 2 rings (SSSR count). The quantitative estimate of drug-likeness (QED) is 0.693. The Kier molecular flexibility index (Phi) is 5.59. The van der Waals surface area contributed by atoms with Crippen LogP contribution in [-0.2, 0) is 24.5 Å². The number of methoxy groups -OCH3 is 1. The zero-order valence-corrected chi connectivity index (χ0v) is 13.5. The van der Waals surface area contributed by atoms with E-state index in [1.165, 1.54) is 11.4 Å². The van der Waals surface area contributed by atoms with Crippen molar-refractivity contribution in [1.29, 1.82) is 0 Å². The van der Waals surface area contributed by atoms with Crippen LogP contribution in [0.1, 0.15) is 26.2 Å². The van der Waals surface area contributed by atoms with Gasteiger partial charge in [-0.3, -0.25) is 4.79 Å². The molecule has 21 heavy (non-hydrogen) atoms. The van der Waals surface area contributed by atoms with Crippen LogP contribution in [0.3, 0.4) is 0 Å². The molecular formula is C13H24N2O5S. The zero-order chi connectivity index (χ0) is 15.5. The molecule has 1 unspecified atom stereocenters. The van der Waals surface area contributed by atoms with Crippen LogP contribution in [0.15, 0.2) is 0 Å². The third-order valence-corrected chi connectivity index (χ3v) is 6.12. The third-order valence-electron chi connectivity index (χ3n) is 4.12. The largest absolute Gasteiger partial charge is 0.469 e. The van der Waals surface area contributed by atoms with Crippen molar-refractivity contribution in [3.8, 4) is 0 Å². The lowest BCUT2D eigenvalue weighted by Crippen LogP contribution is -2.53. The molecule has 0 saturated carbocycles. The van der Waals surface area contributed by atoms with Crippen LogP contribution in [0, 0.1) is 5.92 Å². The Bertz CT molecular complexity index is 459. The summed E-state index contributed by atoms with van der Waals surface area (Å²) >= 11 is 0. The Morgan fingerprint density at radius 3 is 2.52 bits per heavy atom. The first kappa shape index (κ1) is 16.7. The molecule has 0 radical (unpaired) electrons. The Morgan fingerprint density at radius 2 is 1.90 bits per heavy atom. The Morgan fingerprint density at radius 1 is 1.24 bits per heavy atom. The van der Waals surface area contributed by atoms with Crippen LogP contribution in [-0.4, -0.2) is 69.0 Å².